The summed E-state index contributed by atoms with van der Waals surface area (Å²) in [6, 6.07) is 11.1. The molecule has 0 bridgehead atoms. The molecule has 0 N–H and O–H groups in total. The van der Waals surface area contributed by atoms with Crippen molar-refractivity contribution >= 4 is 23.1 Å². The predicted molar refractivity (Wildman–Crippen MR) is 87.1 cm³/mol. The molecular weight excluding hydrogens is 284 g/mol. The van der Waals surface area contributed by atoms with E-state index in [0.717, 1.165) is 31.7 Å². The lowest BCUT2D eigenvalue weighted by Crippen LogP contribution is -2.43. The molecule has 1 aromatic carbocycles. The Labute approximate surface area is 130 Å². The Morgan fingerprint density at radius 3 is 2.52 bits per heavy atom. The van der Waals surface area contributed by atoms with Crippen LogP contribution in [0.3, 0.4) is 0 Å². The van der Waals surface area contributed by atoms with Gasteiger partial charge < -0.3 is 9.80 Å². The van der Waals surface area contributed by atoms with E-state index < -0.39 is 0 Å². The highest BCUT2D eigenvalue weighted by atomic mass is 35.5. The molecule has 21 heavy (non-hydrogen) atoms. The molecule has 2 heterocycles. The molecule has 2 aromatic rings. The summed E-state index contributed by atoms with van der Waals surface area (Å²) in [7, 11) is 2.18. The zero-order valence-electron chi connectivity index (χ0n) is 12.1. The summed E-state index contributed by atoms with van der Waals surface area (Å²) >= 11 is 5.91. The quantitative estimate of drug-likeness (QED) is 0.871. The summed E-state index contributed by atoms with van der Waals surface area (Å²) < 4.78 is 0. The van der Waals surface area contributed by atoms with Crippen LogP contribution in [0.15, 0.2) is 42.7 Å². The number of benzene rings is 1. The number of para-hydroxylation sites is 1. The second kappa shape index (κ2) is 6.31. The van der Waals surface area contributed by atoms with Crippen LogP contribution in [0.4, 0.5) is 11.5 Å². The van der Waals surface area contributed by atoms with Gasteiger partial charge in [0.15, 0.2) is 0 Å². The van der Waals surface area contributed by atoms with Gasteiger partial charge in [-0.25, -0.2) is 4.98 Å². The van der Waals surface area contributed by atoms with Crippen molar-refractivity contribution in [3.63, 3.8) is 0 Å². The number of hydrogen-bond acceptors (Lipinski definition) is 4. The molecule has 1 aliphatic rings. The third-order valence-corrected chi connectivity index (χ3v) is 4.27. The third-order valence-electron chi connectivity index (χ3n) is 4.09. The van der Waals surface area contributed by atoms with Gasteiger partial charge in [-0.15, -0.1) is 0 Å². The van der Waals surface area contributed by atoms with E-state index in [1.54, 1.807) is 12.4 Å². The number of rotatable bonds is 3. The van der Waals surface area contributed by atoms with Crippen molar-refractivity contribution in [2.24, 2.45) is 0 Å². The Balaban J connectivity index is 1.63. The lowest BCUT2D eigenvalue weighted by atomic mass is 10.0. The highest BCUT2D eigenvalue weighted by molar-refractivity contribution is 6.29. The SMILES string of the molecule is CN(c1ccccc1)C1CCN(c2cncc(Cl)n2)CC1. The topological polar surface area (TPSA) is 32.3 Å². The van der Waals surface area contributed by atoms with E-state index in [1.807, 2.05) is 0 Å². The monoisotopic (exact) mass is 302 g/mol. The minimum atomic E-state index is 0.455. The molecule has 4 nitrogen and oxygen atoms in total. The minimum Gasteiger partial charge on any atom is -0.371 e. The van der Waals surface area contributed by atoms with Gasteiger partial charge in [0.1, 0.15) is 11.0 Å². The molecule has 0 unspecified atom stereocenters. The van der Waals surface area contributed by atoms with Gasteiger partial charge in [0.05, 0.1) is 12.4 Å². The third kappa shape index (κ3) is 3.27. The second-order valence-electron chi connectivity index (χ2n) is 5.36. The summed E-state index contributed by atoms with van der Waals surface area (Å²) in [6.45, 7) is 1.97. The van der Waals surface area contributed by atoms with Crippen molar-refractivity contribution in [2.75, 3.05) is 29.9 Å². The van der Waals surface area contributed by atoms with Gasteiger partial charge in [0, 0.05) is 31.9 Å². The van der Waals surface area contributed by atoms with Crippen LogP contribution in [0.1, 0.15) is 12.8 Å². The number of nitrogens with zero attached hydrogens (tertiary/aromatic N) is 4. The Morgan fingerprint density at radius 2 is 1.86 bits per heavy atom. The number of hydrogen-bond donors (Lipinski definition) is 0. The lowest BCUT2D eigenvalue weighted by Gasteiger charge is -2.38. The van der Waals surface area contributed by atoms with Gasteiger partial charge in [-0.3, -0.25) is 4.98 Å². The molecule has 1 saturated heterocycles. The van der Waals surface area contributed by atoms with Gasteiger partial charge in [-0.2, -0.15) is 0 Å². The van der Waals surface area contributed by atoms with E-state index in [-0.39, 0.29) is 0 Å². The molecule has 0 radical (unpaired) electrons. The highest BCUT2D eigenvalue weighted by Gasteiger charge is 2.23. The Hall–Kier alpha value is -1.81. The molecule has 0 spiro atoms. The van der Waals surface area contributed by atoms with E-state index in [2.05, 4.69) is 57.1 Å². The summed E-state index contributed by atoms with van der Waals surface area (Å²) in [5.74, 6) is 0.878. The standard InChI is InChI=1S/C16H19ClN4/c1-20(13-5-3-2-4-6-13)14-7-9-21(10-8-14)16-12-18-11-15(17)19-16/h2-6,11-12,14H,7-10H2,1H3. The molecule has 0 aliphatic carbocycles. The fraction of sp³-hybridized carbons (Fsp3) is 0.375. The van der Waals surface area contributed by atoms with Gasteiger partial charge in [-0.05, 0) is 25.0 Å². The fourth-order valence-electron chi connectivity index (χ4n) is 2.84. The van der Waals surface area contributed by atoms with E-state index in [4.69, 9.17) is 11.6 Å². The smallest absolute Gasteiger partial charge is 0.149 e. The largest absolute Gasteiger partial charge is 0.371 e. The summed E-state index contributed by atoms with van der Waals surface area (Å²) in [4.78, 5) is 13.1. The maximum atomic E-state index is 5.91. The number of anilines is 2. The molecule has 110 valence electrons. The fourth-order valence-corrected chi connectivity index (χ4v) is 2.98. The van der Waals surface area contributed by atoms with Crippen molar-refractivity contribution in [1.29, 1.82) is 0 Å². The molecule has 1 fully saturated rings. The summed E-state index contributed by atoms with van der Waals surface area (Å²) in [5.41, 5.74) is 1.28. The summed E-state index contributed by atoms with van der Waals surface area (Å²) in [5, 5.41) is 0.455. The van der Waals surface area contributed by atoms with E-state index in [1.165, 1.54) is 5.69 Å². The number of aromatic nitrogens is 2. The number of halogens is 1. The molecule has 1 aliphatic heterocycles. The highest BCUT2D eigenvalue weighted by Crippen LogP contribution is 2.24. The first-order valence-corrected chi connectivity index (χ1v) is 7.62. The molecule has 3 rings (SSSR count). The number of piperidine rings is 1. The lowest BCUT2D eigenvalue weighted by molar-refractivity contribution is 0.480. The second-order valence-corrected chi connectivity index (χ2v) is 5.75. The average Bonchev–Trinajstić information content (AvgIpc) is 2.55. The van der Waals surface area contributed by atoms with E-state index in [9.17, 15) is 0 Å². The molecule has 0 saturated carbocycles. The van der Waals surface area contributed by atoms with Crippen molar-refractivity contribution in [3.8, 4) is 0 Å². The first-order valence-electron chi connectivity index (χ1n) is 7.24. The van der Waals surface area contributed by atoms with Crippen molar-refractivity contribution in [1.82, 2.24) is 9.97 Å². The van der Waals surface area contributed by atoms with Crippen LogP contribution in [-0.4, -0.2) is 36.1 Å². The van der Waals surface area contributed by atoms with Crippen LogP contribution in [0.2, 0.25) is 5.15 Å². The van der Waals surface area contributed by atoms with Gasteiger partial charge >= 0.3 is 0 Å². The molecule has 0 amide bonds. The van der Waals surface area contributed by atoms with Gasteiger partial charge in [0.25, 0.3) is 0 Å². The first-order chi connectivity index (χ1) is 10.2. The zero-order valence-corrected chi connectivity index (χ0v) is 12.9. The molecule has 0 atom stereocenters. The van der Waals surface area contributed by atoms with Crippen LogP contribution in [0, 0.1) is 0 Å². The summed E-state index contributed by atoms with van der Waals surface area (Å²) in [6.07, 6.45) is 5.58. The van der Waals surface area contributed by atoms with Crippen molar-refractivity contribution < 1.29 is 0 Å². The Morgan fingerprint density at radius 1 is 1.14 bits per heavy atom. The normalized spacial score (nSPS) is 16.0. The Bertz CT molecular complexity index is 582. The van der Waals surface area contributed by atoms with Crippen LogP contribution in [0.25, 0.3) is 0 Å². The van der Waals surface area contributed by atoms with Crippen molar-refractivity contribution in [2.45, 2.75) is 18.9 Å². The van der Waals surface area contributed by atoms with Crippen LogP contribution < -0.4 is 9.80 Å². The average molecular weight is 303 g/mol. The van der Waals surface area contributed by atoms with Gasteiger partial charge in [-0.1, -0.05) is 29.8 Å². The zero-order chi connectivity index (χ0) is 14.7. The van der Waals surface area contributed by atoms with Crippen LogP contribution in [-0.2, 0) is 0 Å². The van der Waals surface area contributed by atoms with Gasteiger partial charge in [0.2, 0.25) is 0 Å². The Kier molecular flexibility index (Phi) is 4.25. The predicted octanol–water partition coefficient (Wildman–Crippen LogP) is 3.24. The maximum absolute atomic E-state index is 5.91. The molecule has 1 aromatic heterocycles. The van der Waals surface area contributed by atoms with Crippen LogP contribution >= 0.6 is 11.6 Å². The van der Waals surface area contributed by atoms with E-state index >= 15 is 0 Å². The first kappa shape index (κ1) is 14.1. The van der Waals surface area contributed by atoms with Crippen LogP contribution in [0.5, 0.6) is 0 Å². The maximum Gasteiger partial charge on any atom is 0.149 e. The van der Waals surface area contributed by atoms with E-state index in [0.29, 0.717) is 11.2 Å². The molecular formula is C16H19ClN4. The minimum absolute atomic E-state index is 0.455. The molecule has 5 heteroatoms. The van der Waals surface area contributed by atoms with Crippen molar-refractivity contribution in [3.05, 3.63) is 47.9 Å².